The van der Waals surface area contributed by atoms with Crippen LogP contribution in [0.3, 0.4) is 0 Å². The molecule has 0 spiro atoms. The van der Waals surface area contributed by atoms with Gasteiger partial charge in [0.15, 0.2) is 11.6 Å². The number of nitrogens with zero attached hydrogens (tertiary/aromatic N) is 3. The normalized spacial score (nSPS) is 26.8. The molecule has 9 heteroatoms. The maximum atomic E-state index is 13.3. The Hall–Kier alpha value is -3.20. The molecule has 8 nitrogen and oxygen atoms in total. The Kier molecular flexibility index (Phi) is 4.13. The molecule has 0 bridgehead atoms. The zero-order chi connectivity index (χ0) is 20.0. The number of hydrogen-bond donors (Lipinski definition) is 5. The van der Waals surface area contributed by atoms with Crippen LogP contribution in [0.15, 0.2) is 47.4 Å². The molecule has 0 radical (unpaired) electrons. The van der Waals surface area contributed by atoms with Crippen LogP contribution in [0.5, 0.6) is 0 Å². The molecule has 1 fully saturated rings. The maximum Gasteiger partial charge on any atom is 0.193 e. The number of halogens is 1. The van der Waals surface area contributed by atoms with E-state index in [2.05, 4.69) is 43.0 Å². The molecule has 3 aromatic rings. The molecule has 29 heavy (non-hydrogen) atoms. The lowest BCUT2D eigenvalue weighted by molar-refractivity contribution is 0.260. The summed E-state index contributed by atoms with van der Waals surface area (Å²) in [7, 11) is 1.86. The molecule has 4 heterocycles. The summed E-state index contributed by atoms with van der Waals surface area (Å²) in [6.45, 7) is 2.08. The van der Waals surface area contributed by atoms with Crippen LogP contribution in [0.1, 0.15) is 36.6 Å². The second kappa shape index (κ2) is 6.70. The van der Waals surface area contributed by atoms with Gasteiger partial charge in [-0.3, -0.25) is 15.4 Å². The highest BCUT2D eigenvalue weighted by atomic mass is 19.1. The predicted molar refractivity (Wildman–Crippen MR) is 110 cm³/mol. The molecule has 1 aliphatic heterocycles. The maximum absolute atomic E-state index is 13.3. The number of allylic oxidation sites excluding steroid dienone is 1. The largest absolute Gasteiger partial charge is 0.360 e. The summed E-state index contributed by atoms with van der Waals surface area (Å²) in [6, 6.07) is 7.85. The van der Waals surface area contributed by atoms with E-state index >= 15 is 0 Å². The van der Waals surface area contributed by atoms with E-state index < -0.39 is 12.0 Å². The summed E-state index contributed by atoms with van der Waals surface area (Å²) in [5.74, 6) is 0.487. The van der Waals surface area contributed by atoms with Crippen LogP contribution < -0.4 is 16.0 Å². The number of aromatic amines is 2. The predicted octanol–water partition coefficient (Wildman–Crippen LogP) is 2.72. The van der Waals surface area contributed by atoms with Gasteiger partial charge in [0, 0.05) is 35.8 Å². The molecule has 0 aromatic carbocycles. The number of alkyl halides is 1. The zero-order valence-electron chi connectivity index (χ0n) is 16.2. The summed E-state index contributed by atoms with van der Waals surface area (Å²) < 4.78 is 13.3. The van der Waals surface area contributed by atoms with Gasteiger partial charge >= 0.3 is 0 Å². The Labute approximate surface area is 167 Å². The molecule has 0 amide bonds. The zero-order valence-corrected chi connectivity index (χ0v) is 16.2. The van der Waals surface area contributed by atoms with Crippen molar-refractivity contribution in [3.8, 4) is 0 Å². The highest BCUT2D eigenvalue weighted by molar-refractivity contribution is 5.76. The first-order chi connectivity index (χ1) is 14.1. The molecule has 1 aliphatic carbocycles. The van der Waals surface area contributed by atoms with Crippen LogP contribution in [-0.4, -0.2) is 45.4 Å². The van der Waals surface area contributed by atoms with Crippen LogP contribution in [0.2, 0.25) is 0 Å². The number of nitrogens with one attached hydrogen (secondary N) is 5. The molecule has 0 saturated heterocycles. The molecule has 3 aromatic heterocycles. The minimum atomic E-state index is -0.770. The molecule has 1 saturated carbocycles. The first kappa shape index (κ1) is 17.9. The van der Waals surface area contributed by atoms with E-state index in [9.17, 15) is 4.39 Å². The number of aromatic nitrogens is 4. The molecular formula is C20H23FN8. The Morgan fingerprint density at radius 2 is 2.17 bits per heavy atom. The number of likely N-dealkylation sites (N-methyl/N-ethyl adjacent to an activating group) is 1. The quantitative estimate of drug-likeness (QED) is 0.442. The minimum Gasteiger partial charge on any atom is -0.360 e. The number of rotatable bonds is 6. The van der Waals surface area contributed by atoms with E-state index in [1.165, 1.54) is 0 Å². The third-order valence-corrected chi connectivity index (χ3v) is 5.69. The number of hydrogen-bond acceptors (Lipinski definition) is 6. The van der Waals surface area contributed by atoms with Gasteiger partial charge < -0.3 is 15.6 Å². The Morgan fingerprint density at radius 3 is 2.97 bits per heavy atom. The van der Waals surface area contributed by atoms with E-state index in [1.807, 2.05) is 43.6 Å². The third kappa shape index (κ3) is 3.17. The molecule has 2 aliphatic rings. The van der Waals surface area contributed by atoms with E-state index in [0.717, 1.165) is 28.2 Å². The van der Waals surface area contributed by atoms with Gasteiger partial charge in [-0.05, 0) is 37.7 Å². The summed E-state index contributed by atoms with van der Waals surface area (Å²) in [4.78, 5) is 12.6. The highest BCUT2D eigenvalue weighted by Crippen LogP contribution is 2.43. The van der Waals surface area contributed by atoms with Gasteiger partial charge in [0.2, 0.25) is 0 Å². The monoisotopic (exact) mass is 394 g/mol. The highest BCUT2D eigenvalue weighted by Gasteiger charge is 2.40. The van der Waals surface area contributed by atoms with Gasteiger partial charge in [0.1, 0.15) is 12.0 Å². The van der Waals surface area contributed by atoms with Crippen molar-refractivity contribution in [2.45, 2.75) is 37.1 Å². The second-order valence-electron chi connectivity index (χ2n) is 7.56. The van der Waals surface area contributed by atoms with Crippen molar-refractivity contribution in [2.75, 3.05) is 12.4 Å². The lowest BCUT2D eigenvalue weighted by Crippen LogP contribution is -2.59. The second-order valence-corrected chi connectivity index (χ2v) is 7.56. The number of fused-ring (bicyclic) bond motifs is 1. The molecule has 5 N–H and O–H groups in total. The van der Waals surface area contributed by atoms with Crippen LogP contribution in [0.4, 0.5) is 10.2 Å². The van der Waals surface area contributed by atoms with Crippen molar-refractivity contribution >= 4 is 23.1 Å². The van der Waals surface area contributed by atoms with Crippen LogP contribution >= 0.6 is 0 Å². The van der Waals surface area contributed by atoms with Crippen LogP contribution in [-0.2, 0) is 0 Å². The van der Waals surface area contributed by atoms with Gasteiger partial charge in [-0.25, -0.2) is 9.38 Å². The Balaban J connectivity index is 1.35. The Morgan fingerprint density at radius 1 is 1.31 bits per heavy atom. The van der Waals surface area contributed by atoms with Crippen LogP contribution in [0, 0.1) is 0 Å². The fraction of sp³-hybridized carbons (Fsp3) is 0.350. The molecular weight excluding hydrogens is 371 g/mol. The first-order valence-corrected chi connectivity index (χ1v) is 9.71. The first-order valence-electron chi connectivity index (χ1n) is 9.71. The molecule has 150 valence electrons. The van der Waals surface area contributed by atoms with E-state index in [1.54, 1.807) is 6.21 Å². The fourth-order valence-corrected chi connectivity index (χ4v) is 3.76. The summed E-state index contributed by atoms with van der Waals surface area (Å²) in [6.07, 6.45) is 5.28. The molecule has 4 atom stereocenters. The van der Waals surface area contributed by atoms with Gasteiger partial charge in [-0.2, -0.15) is 5.10 Å². The van der Waals surface area contributed by atoms with Crippen molar-refractivity contribution in [1.82, 2.24) is 30.8 Å². The molecule has 5 rings (SSSR count). The molecule has 1 unspecified atom stereocenters. The summed E-state index contributed by atoms with van der Waals surface area (Å²) in [5.41, 5.74) is 3.66. The standard InChI is InChI=1S/C20H23FN8/c1-11(14-3-4-15-16(25-14)5-7-23-15)20(22-2)24-8-6-18(27-20)26-19-10-17(28-29-19)12-9-13(12)21/h3-8,10-13,22-23,27H,9H2,1-2H3,(H2,26,28,29)/t11-,12-,13+,20?/m1/s1. The van der Waals surface area contributed by atoms with Gasteiger partial charge in [0.25, 0.3) is 0 Å². The van der Waals surface area contributed by atoms with Crippen molar-refractivity contribution in [3.63, 3.8) is 0 Å². The van der Waals surface area contributed by atoms with E-state index in [0.29, 0.717) is 12.2 Å². The SMILES string of the molecule is CNC1([C@H](C)c2ccc3[nH]ccc3n2)N=CC=C(Nc2cc([C@@H]3C[C@@H]3F)[nH]n2)N1. The van der Waals surface area contributed by atoms with Gasteiger partial charge in [0.05, 0.1) is 17.0 Å². The average molecular weight is 394 g/mol. The van der Waals surface area contributed by atoms with E-state index in [-0.39, 0.29) is 11.8 Å². The Bertz CT molecular complexity index is 1100. The smallest absolute Gasteiger partial charge is 0.193 e. The number of aliphatic imine (C=N–C) groups is 1. The average Bonchev–Trinajstić information content (AvgIpc) is 3.12. The lowest BCUT2D eigenvalue weighted by atomic mass is 9.97. The number of pyridine rings is 1. The topological polar surface area (TPSA) is 106 Å². The van der Waals surface area contributed by atoms with Crippen LogP contribution in [0.25, 0.3) is 11.0 Å². The lowest BCUT2D eigenvalue weighted by Gasteiger charge is -2.38. The number of anilines is 1. The van der Waals surface area contributed by atoms with Crippen molar-refractivity contribution in [2.24, 2.45) is 4.99 Å². The number of H-pyrrole nitrogens is 2. The van der Waals surface area contributed by atoms with Gasteiger partial charge in [-0.1, -0.05) is 6.92 Å². The minimum absolute atomic E-state index is 0.0567. The van der Waals surface area contributed by atoms with Crippen molar-refractivity contribution in [1.29, 1.82) is 0 Å². The summed E-state index contributed by atoms with van der Waals surface area (Å²) >= 11 is 0. The van der Waals surface area contributed by atoms with E-state index in [4.69, 9.17) is 4.98 Å². The van der Waals surface area contributed by atoms with Crippen molar-refractivity contribution < 1.29 is 4.39 Å². The fourth-order valence-electron chi connectivity index (χ4n) is 3.76. The summed E-state index contributed by atoms with van der Waals surface area (Å²) in [5, 5.41) is 17.1. The van der Waals surface area contributed by atoms with Crippen molar-refractivity contribution in [3.05, 3.63) is 53.7 Å². The van der Waals surface area contributed by atoms with Gasteiger partial charge in [-0.15, -0.1) is 0 Å². The third-order valence-electron chi connectivity index (χ3n) is 5.69.